The van der Waals surface area contributed by atoms with E-state index < -0.39 is 5.79 Å². The van der Waals surface area contributed by atoms with Gasteiger partial charge in [0.15, 0.2) is 0 Å². The van der Waals surface area contributed by atoms with Crippen LogP contribution in [0.2, 0.25) is 0 Å². The average molecular weight is 299 g/mol. The maximum Gasteiger partial charge on any atom is 0.292 e. The second-order valence-electron chi connectivity index (χ2n) is 5.31. The summed E-state index contributed by atoms with van der Waals surface area (Å²) in [6, 6.07) is 13.8. The van der Waals surface area contributed by atoms with Gasteiger partial charge in [-0.1, -0.05) is 36.4 Å². The lowest BCUT2D eigenvalue weighted by molar-refractivity contribution is -0.180. The van der Waals surface area contributed by atoms with Crippen molar-refractivity contribution in [2.24, 2.45) is 0 Å². The minimum absolute atomic E-state index is 0.150. The molecule has 1 spiro atoms. The number of carbonyl (C=O) groups is 1. The second kappa shape index (κ2) is 4.90. The lowest BCUT2D eigenvalue weighted by atomic mass is 10.1. The number of benzene rings is 2. The van der Waals surface area contributed by atoms with Gasteiger partial charge >= 0.3 is 0 Å². The molecule has 22 heavy (non-hydrogen) atoms. The van der Waals surface area contributed by atoms with Crippen LogP contribution in [-0.4, -0.2) is 19.1 Å². The number of amides is 1. The monoisotopic (exact) mass is 299 g/mol. The smallest absolute Gasteiger partial charge is 0.292 e. The van der Waals surface area contributed by atoms with Crippen LogP contribution in [0.15, 0.2) is 48.5 Å². The summed E-state index contributed by atoms with van der Waals surface area (Å²) < 4.78 is 25.2. The highest BCUT2D eigenvalue weighted by Crippen LogP contribution is 2.46. The highest BCUT2D eigenvalue weighted by Gasteiger charge is 2.55. The fraction of sp³-hybridized carbons (Fsp3) is 0.235. The number of carbonyl (C=O) groups excluding carboxylic acids is 1. The Labute approximate surface area is 127 Å². The minimum atomic E-state index is -1.36. The maximum atomic E-state index is 13.9. The van der Waals surface area contributed by atoms with Crippen molar-refractivity contribution in [2.75, 3.05) is 18.1 Å². The van der Waals surface area contributed by atoms with Gasteiger partial charge in [0.05, 0.1) is 25.4 Å². The van der Waals surface area contributed by atoms with Crippen molar-refractivity contribution >= 4 is 11.6 Å². The molecule has 5 heteroatoms. The molecule has 2 heterocycles. The van der Waals surface area contributed by atoms with Crippen molar-refractivity contribution in [1.82, 2.24) is 0 Å². The standard InChI is InChI=1S/C17H14FNO3/c18-14-7-3-1-5-12(14)11-19-15-8-4-2-6-13(15)17(16(19)20)21-9-10-22-17/h1-8H,9-11H2. The summed E-state index contributed by atoms with van der Waals surface area (Å²) >= 11 is 0. The molecule has 1 saturated heterocycles. The van der Waals surface area contributed by atoms with E-state index in [0.717, 1.165) is 0 Å². The van der Waals surface area contributed by atoms with Crippen molar-refractivity contribution in [3.8, 4) is 0 Å². The van der Waals surface area contributed by atoms with Crippen molar-refractivity contribution in [2.45, 2.75) is 12.3 Å². The first-order chi connectivity index (χ1) is 10.7. The van der Waals surface area contributed by atoms with Crippen LogP contribution in [0.3, 0.4) is 0 Å². The fourth-order valence-corrected chi connectivity index (χ4v) is 3.03. The van der Waals surface area contributed by atoms with Gasteiger partial charge in [-0.2, -0.15) is 0 Å². The van der Waals surface area contributed by atoms with E-state index in [2.05, 4.69) is 0 Å². The molecule has 0 aromatic heterocycles. The van der Waals surface area contributed by atoms with Crippen LogP contribution in [0, 0.1) is 5.82 Å². The first kappa shape index (κ1) is 13.4. The van der Waals surface area contributed by atoms with Crippen LogP contribution in [0.1, 0.15) is 11.1 Å². The van der Waals surface area contributed by atoms with Crippen LogP contribution in [0.5, 0.6) is 0 Å². The maximum absolute atomic E-state index is 13.9. The van der Waals surface area contributed by atoms with E-state index in [4.69, 9.17) is 9.47 Å². The molecule has 0 aliphatic carbocycles. The summed E-state index contributed by atoms with van der Waals surface area (Å²) in [5.41, 5.74) is 1.85. The Hall–Kier alpha value is -2.24. The van der Waals surface area contributed by atoms with Crippen LogP contribution < -0.4 is 4.90 Å². The quantitative estimate of drug-likeness (QED) is 0.855. The first-order valence-corrected chi connectivity index (χ1v) is 7.15. The Kier molecular flexibility index (Phi) is 2.99. The molecule has 2 aromatic rings. The lowest BCUT2D eigenvalue weighted by Crippen LogP contribution is -2.41. The first-order valence-electron chi connectivity index (χ1n) is 7.15. The summed E-state index contributed by atoms with van der Waals surface area (Å²) in [5, 5.41) is 0. The van der Waals surface area contributed by atoms with Gasteiger partial charge in [0.25, 0.3) is 11.7 Å². The number of anilines is 1. The van der Waals surface area contributed by atoms with Crippen LogP contribution >= 0.6 is 0 Å². The van der Waals surface area contributed by atoms with Crippen LogP contribution in [0.4, 0.5) is 10.1 Å². The van der Waals surface area contributed by atoms with Gasteiger partial charge in [-0.3, -0.25) is 4.79 Å². The van der Waals surface area contributed by atoms with Gasteiger partial charge in [-0.25, -0.2) is 4.39 Å². The Bertz CT molecular complexity index is 740. The lowest BCUT2D eigenvalue weighted by Gasteiger charge is -2.22. The number of ether oxygens (including phenoxy) is 2. The summed E-state index contributed by atoms with van der Waals surface area (Å²) in [7, 11) is 0. The molecule has 112 valence electrons. The topological polar surface area (TPSA) is 38.8 Å². The molecule has 2 aliphatic rings. The number of nitrogens with zero attached hydrogens (tertiary/aromatic N) is 1. The zero-order valence-electron chi connectivity index (χ0n) is 11.8. The van der Waals surface area contributed by atoms with Gasteiger partial charge in [-0.15, -0.1) is 0 Å². The van der Waals surface area contributed by atoms with E-state index in [-0.39, 0.29) is 18.3 Å². The van der Waals surface area contributed by atoms with Crippen molar-refractivity contribution in [3.05, 3.63) is 65.5 Å². The molecule has 0 N–H and O–H groups in total. The zero-order chi connectivity index (χ0) is 15.2. The normalized spacial score (nSPS) is 19.0. The number of rotatable bonds is 2. The molecule has 0 atom stereocenters. The zero-order valence-corrected chi connectivity index (χ0v) is 11.8. The molecular formula is C17H14FNO3. The predicted octanol–water partition coefficient (Wildman–Crippen LogP) is 2.57. The summed E-state index contributed by atoms with van der Waals surface area (Å²) in [5.74, 6) is -1.99. The van der Waals surface area contributed by atoms with E-state index >= 15 is 0 Å². The SMILES string of the molecule is O=C1N(Cc2ccccc2F)c2ccccc2C12OCCO2. The Morgan fingerprint density at radius 3 is 2.50 bits per heavy atom. The number of para-hydroxylation sites is 1. The predicted molar refractivity (Wildman–Crippen MR) is 77.6 cm³/mol. The van der Waals surface area contributed by atoms with E-state index in [1.54, 1.807) is 18.2 Å². The third kappa shape index (κ3) is 1.79. The Morgan fingerprint density at radius 1 is 1.05 bits per heavy atom. The number of halogens is 1. The van der Waals surface area contributed by atoms with Gasteiger partial charge in [0.2, 0.25) is 0 Å². The molecule has 2 aromatic carbocycles. The Balaban J connectivity index is 1.78. The third-order valence-electron chi connectivity index (χ3n) is 4.06. The molecule has 0 unspecified atom stereocenters. The van der Waals surface area contributed by atoms with Crippen molar-refractivity contribution in [1.29, 1.82) is 0 Å². The molecule has 0 radical (unpaired) electrons. The van der Waals surface area contributed by atoms with Gasteiger partial charge in [-0.05, 0) is 12.1 Å². The second-order valence-corrected chi connectivity index (χ2v) is 5.31. The average Bonchev–Trinajstić information content (AvgIpc) is 3.11. The molecule has 1 amide bonds. The summed E-state index contributed by atoms with van der Waals surface area (Å²) in [6.45, 7) is 0.887. The summed E-state index contributed by atoms with van der Waals surface area (Å²) in [6.07, 6.45) is 0. The van der Waals surface area contributed by atoms with Crippen LogP contribution in [-0.2, 0) is 26.6 Å². The molecule has 1 fully saturated rings. The van der Waals surface area contributed by atoms with Crippen molar-refractivity contribution < 1.29 is 18.7 Å². The van der Waals surface area contributed by atoms with E-state index in [1.165, 1.54) is 11.0 Å². The molecule has 4 rings (SSSR count). The van der Waals surface area contributed by atoms with E-state index in [1.807, 2.05) is 24.3 Å². The van der Waals surface area contributed by atoms with Crippen molar-refractivity contribution in [3.63, 3.8) is 0 Å². The molecule has 2 aliphatic heterocycles. The Morgan fingerprint density at radius 2 is 1.73 bits per heavy atom. The highest BCUT2D eigenvalue weighted by atomic mass is 19.1. The number of hydrogen-bond donors (Lipinski definition) is 0. The molecule has 0 bridgehead atoms. The van der Waals surface area contributed by atoms with E-state index in [9.17, 15) is 9.18 Å². The minimum Gasteiger partial charge on any atom is -0.336 e. The fourth-order valence-electron chi connectivity index (χ4n) is 3.03. The molecule has 0 saturated carbocycles. The van der Waals surface area contributed by atoms with Crippen LogP contribution in [0.25, 0.3) is 0 Å². The van der Waals surface area contributed by atoms with Gasteiger partial charge in [0.1, 0.15) is 5.82 Å². The van der Waals surface area contributed by atoms with Gasteiger partial charge < -0.3 is 14.4 Å². The highest BCUT2D eigenvalue weighted by molar-refractivity contribution is 6.06. The summed E-state index contributed by atoms with van der Waals surface area (Å²) in [4.78, 5) is 14.4. The van der Waals surface area contributed by atoms with Gasteiger partial charge in [0, 0.05) is 11.1 Å². The third-order valence-corrected chi connectivity index (χ3v) is 4.06. The molecular weight excluding hydrogens is 285 g/mol. The van der Waals surface area contributed by atoms with E-state index in [0.29, 0.717) is 30.0 Å². The number of fused-ring (bicyclic) bond motifs is 2. The number of hydrogen-bond acceptors (Lipinski definition) is 3. The largest absolute Gasteiger partial charge is 0.336 e. The molecule has 4 nitrogen and oxygen atoms in total.